The first-order valence-corrected chi connectivity index (χ1v) is 5.93. The summed E-state index contributed by atoms with van der Waals surface area (Å²) in [5.41, 5.74) is 9.69. The maximum Gasteiger partial charge on any atom is 0.265 e. The van der Waals surface area contributed by atoms with E-state index >= 15 is 0 Å². The molecule has 2 aromatic carbocycles. The van der Waals surface area contributed by atoms with Crippen molar-refractivity contribution in [2.75, 3.05) is 0 Å². The molecule has 1 saturated heterocycles. The topological polar surface area (TPSA) is 75.6 Å². The van der Waals surface area contributed by atoms with Gasteiger partial charge in [0.05, 0.1) is 0 Å². The van der Waals surface area contributed by atoms with E-state index in [1.165, 1.54) is 0 Å². The van der Waals surface area contributed by atoms with Gasteiger partial charge in [0, 0.05) is 11.1 Å². The molecular formula is C14H13N3O2. The minimum atomic E-state index is -0.828. The van der Waals surface area contributed by atoms with Gasteiger partial charge >= 0.3 is 0 Å². The summed E-state index contributed by atoms with van der Waals surface area (Å²) in [5, 5.41) is 0. The first kappa shape index (κ1) is 11.9. The molecule has 19 heavy (non-hydrogen) atoms. The number of carbonyl (C=O) groups is 1. The van der Waals surface area contributed by atoms with E-state index in [9.17, 15) is 4.79 Å². The van der Waals surface area contributed by atoms with E-state index in [0.29, 0.717) is 5.56 Å². The molecule has 0 aromatic heterocycles. The van der Waals surface area contributed by atoms with Crippen LogP contribution in [0.2, 0.25) is 0 Å². The van der Waals surface area contributed by atoms with Gasteiger partial charge in [-0.2, -0.15) is 5.43 Å². The Hall–Kier alpha value is -2.21. The number of rotatable bonds is 4. The number of amides is 1. The van der Waals surface area contributed by atoms with Crippen molar-refractivity contribution >= 4 is 5.91 Å². The molecule has 1 aliphatic rings. The monoisotopic (exact) mass is 255 g/mol. The van der Waals surface area contributed by atoms with Crippen molar-refractivity contribution in [1.29, 1.82) is 0 Å². The normalized spacial score (nSPS) is 20.8. The second-order valence-electron chi connectivity index (χ2n) is 4.20. The van der Waals surface area contributed by atoms with Gasteiger partial charge in [0.2, 0.25) is 0 Å². The third-order valence-electron chi connectivity index (χ3n) is 2.87. The van der Waals surface area contributed by atoms with Crippen LogP contribution in [-0.4, -0.2) is 5.91 Å². The lowest BCUT2D eigenvalue weighted by molar-refractivity contribution is 0.0896. The number of benzene rings is 2. The third kappa shape index (κ3) is 2.48. The Labute approximate surface area is 110 Å². The molecule has 5 heteroatoms. The Morgan fingerprint density at radius 2 is 1.58 bits per heavy atom. The summed E-state index contributed by atoms with van der Waals surface area (Å²) in [7, 11) is 0. The quantitative estimate of drug-likeness (QED) is 0.568. The molecule has 1 unspecified atom stereocenters. The summed E-state index contributed by atoms with van der Waals surface area (Å²) in [6.07, 6.45) is 0. The van der Waals surface area contributed by atoms with E-state index < -0.39 is 5.85 Å². The summed E-state index contributed by atoms with van der Waals surface area (Å²) in [4.78, 5) is 17.1. The van der Waals surface area contributed by atoms with E-state index in [2.05, 4.69) is 16.3 Å². The number of hydrogen-bond acceptors (Lipinski definition) is 4. The molecule has 0 spiro atoms. The van der Waals surface area contributed by atoms with Crippen LogP contribution in [0, 0.1) is 0 Å². The average molecular weight is 255 g/mol. The number of nitrogens with one attached hydrogen (secondary N) is 3. The number of hydroxylamine groups is 1. The molecular weight excluding hydrogens is 242 g/mol. The smallest absolute Gasteiger partial charge is 0.265 e. The SMILES string of the molecule is O=C(NNC1(c2ccccc2)NO1)c1ccccc1. The van der Waals surface area contributed by atoms with E-state index in [-0.39, 0.29) is 5.91 Å². The number of hydrazine groups is 1. The second-order valence-corrected chi connectivity index (χ2v) is 4.20. The molecule has 1 heterocycles. The molecule has 3 N–H and O–H groups in total. The second kappa shape index (κ2) is 4.81. The maximum absolute atomic E-state index is 11.9. The summed E-state index contributed by atoms with van der Waals surface area (Å²) in [5.74, 6) is -1.04. The Morgan fingerprint density at radius 3 is 2.16 bits per heavy atom. The predicted octanol–water partition coefficient (Wildman–Crippen LogP) is 1.27. The first-order chi connectivity index (χ1) is 9.30. The van der Waals surface area contributed by atoms with Gasteiger partial charge in [-0.3, -0.25) is 15.1 Å². The van der Waals surface area contributed by atoms with Gasteiger partial charge in [0.15, 0.2) is 0 Å². The Morgan fingerprint density at radius 1 is 1.00 bits per heavy atom. The van der Waals surface area contributed by atoms with E-state index in [1.807, 2.05) is 48.5 Å². The van der Waals surface area contributed by atoms with Gasteiger partial charge in [0.1, 0.15) is 0 Å². The summed E-state index contributed by atoms with van der Waals surface area (Å²) >= 11 is 0. The highest BCUT2D eigenvalue weighted by Gasteiger charge is 2.47. The van der Waals surface area contributed by atoms with Crippen molar-refractivity contribution in [2.45, 2.75) is 5.85 Å². The van der Waals surface area contributed by atoms with Crippen LogP contribution in [0.4, 0.5) is 0 Å². The van der Waals surface area contributed by atoms with Crippen LogP contribution in [0.3, 0.4) is 0 Å². The minimum absolute atomic E-state index is 0.215. The molecule has 96 valence electrons. The van der Waals surface area contributed by atoms with Crippen LogP contribution >= 0.6 is 0 Å². The van der Waals surface area contributed by atoms with E-state index in [1.54, 1.807) is 12.1 Å². The molecule has 1 aliphatic heterocycles. The lowest BCUT2D eigenvalue weighted by Crippen LogP contribution is -2.46. The molecule has 0 aliphatic carbocycles. The fourth-order valence-corrected chi connectivity index (χ4v) is 1.77. The van der Waals surface area contributed by atoms with E-state index in [0.717, 1.165) is 5.56 Å². The van der Waals surface area contributed by atoms with Gasteiger partial charge in [-0.1, -0.05) is 48.5 Å². The number of hydrogen-bond donors (Lipinski definition) is 3. The fraction of sp³-hybridized carbons (Fsp3) is 0.0714. The Balaban J connectivity index is 1.66. The summed E-state index contributed by atoms with van der Waals surface area (Å²) < 4.78 is 0. The van der Waals surface area contributed by atoms with Crippen molar-refractivity contribution in [1.82, 2.24) is 16.3 Å². The van der Waals surface area contributed by atoms with Crippen molar-refractivity contribution in [3.8, 4) is 0 Å². The molecule has 0 radical (unpaired) electrons. The van der Waals surface area contributed by atoms with Gasteiger partial charge < -0.3 is 0 Å². The van der Waals surface area contributed by atoms with Crippen molar-refractivity contribution < 1.29 is 9.63 Å². The van der Waals surface area contributed by atoms with Crippen LogP contribution in [0.25, 0.3) is 0 Å². The Bertz CT molecular complexity index is 568. The van der Waals surface area contributed by atoms with Crippen LogP contribution in [0.5, 0.6) is 0 Å². The van der Waals surface area contributed by atoms with Crippen molar-refractivity contribution in [3.05, 3.63) is 71.8 Å². The van der Waals surface area contributed by atoms with Crippen LogP contribution in [-0.2, 0) is 10.7 Å². The first-order valence-electron chi connectivity index (χ1n) is 5.93. The highest BCUT2D eigenvalue weighted by atomic mass is 16.8. The maximum atomic E-state index is 11.9. The lowest BCUT2D eigenvalue weighted by atomic mass is 10.1. The summed E-state index contributed by atoms with van der Waals surface area (Å²) in [6.45, 7) is 0. The largest absolute Gasteiger partial charge is 0.283 e. The van der Waals surface area contributed by atoms with Gasteiger partial charge in [-0.25, -0.2) is 0 Å². The third-order valence-corrected chi connectivity index (χ3v) is 2.87. The van der Waals surface area contributed by atoms with Crippen molar-refractivity contribution in [2.24, 2.45) is 0 Å². The summed E-state index contributed by atoms with van der Waals surface area (Å²) in [6, 6.07) is 18.5. The standard InChI is InChI=1S/C14H13N3O2/c18-13(11-7-3-1-4-8-11)15-16-14(17-19-14)12-9-5-2-6-10-12/h1-10,16-17H,(H,15,18). The van der Waals surface area contributed by atoms with Crippen LogP contribution in [0.1, 0.15) is 15.9 Å². The predicted molar refractivity (Wildman–Crippen MR) is 69.4 cm³/mol. The van der Waals surface area contributed by atoms with Gasteiger partial charge in [-0.05, 0) is 12.1 Å². The van der Waals surface area contributed by atoms with Gasteiger partial charge in [-0.15, -0.1) is 5.48 Å². The molecule has 1 amide bonds. The zero-order chi connectivity index (χ0) is 13.1. The van der Waals surface area contributed by atoms with E-state index in [4.69, 9.17) is 4.84 Å². The van der Waals surface area contributed by atoms with Crippen molar-refractivity contribution in [3.63, 3.8) is 0 Å². The van der Waals surface area contributed by atoms with Gasteiger partial charge in [0.25, 0.3) is 11.8 Å². The number of carbonyl (C=O) groups excluding carboxylic acids is 1. The molecule has 1 atom stereocenters. The Kier molecular flexibility index (Phi) is 3.00. The zero-order valence-electron chi connectivity index (χ0n) is 10.1. The fourth-order valence-electron chi connectivity index (χ4n) is 1.77. The average Bonchev–Trinajstić information content (AvgIpc) is 3.28. The lowest BCUT2D eigenvalue weighted by Gasteiger charge is -2.13. The minimum Gasteiger partial charge on any atom is -0.283 e. The highest BCUT2D eigenvalue weighted by Crippen LogP contribution is 2.28. The molecule has 2 aromatic rings. The highest BCUT2D eigenvalue weighted by molar-refractivity contribution is 5.93. The zero-order valence-corrected chi connectivity index (χ0v) is 10.1. The molecule has 3 rings (SSSR count). The van der Waals surface area contributed by atoms with Crippen LogP contribution in [0.15, 0.2) is 60.7 Å². The molecule has 5 nitrogen and oxygen atoms in total. The van der Waals surface area contributed by atoms with Crippen LogP contribution < -0.4 is 16.3 Å². The molecule has 0 saturated carbocycles. The molecule has 0 bridgehead atoms. The molecule has 1 fully saturated rings.